The second-order valence-corrected chi connectivity index (χ2v) is 5.63. The van der Waals surface area contributed by atoms with Gasteiger partial charge in [-0.25, -0.2) is 4.68 Å². The highest BCUT2D eigenvalue weighted by molar-refractivity contribution is 7.99. The van der Waals surface area contributed by atoms with Gasteiger partial charge < -0.3 is 5.32 Å². The molecule has 0 amide bonds. The summed E-state index contributed by atoms with van der Waals surface area (Å²) in [6, 6.07) is 0.403. The summed E-state index contributed by atoms with van der Waals surface area (Å²) in [5.41, 5.74) is 0.459. The van der Waals surface area contributed by atoms with Crippen molar-refractivity contribution < 1.29 is 0 Å². The molecule has 17 heavy (non-hydrogen) atoms. The number of hydrogen-bond acceptors (Lipinski definition) is 4. The summed E-state index contributed by atoms with van der Waals surface area (Å²) in [5, 5.41) is 7.67. The van der Waals surface area contributed by atoms with Gasteiger partial charge in [0.25, 0.3) is 5.56 Å². The first kappa shape index (κ1) is 12.8. The summed E-state index contributed by atoms with van der Waals surface area (Å²) in [6.07, 6.45) is 3.64. The van der Waals surface area contributed by atoms with Crippen LogP contribution in [0.1, 0.15) is 19.8 Å². The number of anilines is 1. The van der Waals surface area contributed by atoms with Crippen LogP contribution >= 0.6 is 23.4 Å². The zero-order valence-electron chi connectivity index (χ0n) is 9.78. The molecule has 0 saturated carbocycles. The van der Waals surface area contributed by atoms with Gasteiger partial charge in [-0.15, -0.1) is 0 Å². The molecule has 1 aromatic heterocycles. The predicted molar refractivity (Wildman–Crippen MR) is 73.2 cm³/mol. The Hall–Kier alpha value is -0.680. The van der Waals surface area contributed by atoms with Gasteiger partial charge in [-0.3, -0.25) is 4.79 Å². The second-order valence-electron chi connectivity index (χ2n) is 4.11. The molecular formula is C11H16ClN3OS. The molecule has 6 heteroatoms. The first-order chi connectivity index (χ1) is 8.22. The molecule has 1 fully saturated rings. The van der Waals surface area contributed by atoms with Crippen LogP contribution in [-0.4, -0.2) is 27.3 Å². The molecule has 0 bridgehead atoms. The van der Waals surface area contributed by atoms with Crippen LogP contribution in [0.5, 0.6) is 0 Å². The van der Waals surface area contributed by atoms with E-state index in [2.05, 4.69) is 10.4 Å². The molecule has 1 saturated heterocycles. The average molecular weight is 274 g/mol. The fraction of sp³-hybridized carbons (Fsp3) is 0.636. The van der Waals surface area contributed by atoms with E-state index in [1.54, 1.807) is 6.20 Å². The van der Waals surface area contributed by atoms with E-state index < -0.39 is 0 Å². The molecule has 1 aliphatic heterocycles. The van der Waals surface area contributed by atoms with Gasteiger partial charge in [-0.1, -0.05) is 18.5 Å². The van der Waals surface area contributed by atoms with Crippen LogP contribution in [0.15, 0.2) is 11.0 Å². The normalized spacial score (nSPS) is 19.5. The topological polar surface area (TPSA) is 46.9 Å². The van der Waals surface area contributed by atoms with Gasteiger partial charge >= 0.3 is 0 Å². The van der Waals surface area contributed by atoms with Crippen LogP contribution in [0.4, 0.5) is 5.69 Å². The Bertz CT molecular complexity index is 443. The predicted octanol–water partition coefficient (Wildman–Crippen LogP) is 2.22. The fourth-order valence-corrected chi connectivity index (χ4v) is 3.16. The molecule has 1 aromatic rings. The molecule has 0 spiro atoms. The Morgan fingerprint density at radius 2 is 2.53 bits per heavy atom. The lowest BCUT2D eigenvalue weighted by molar-refractivity contribution is 0.568. The zero-order valence-corrected chi connectivity index (χ0v) is 11.4. The molecule has 0 aromatic carbocycles. The lowest BCUT2D eigenvalue weighted by atomic mass is 10.2. The van der Waals surface area contributed by atoms with E-state index in [0.717, 1.165) is 24.3 Å². The first-order valence-corrected chi connectivity index (χ1v) is 7.35. The molecule has 2 heterocycles. The minimum atomic E-state index is -0.204. The number of aryl methyl sites for hydroxylation is 1. The Morgan fingerprint density at radius 3 is 3.18 bits per heavy atom. The third kappa shape index (κ3) is 2.96. The van der Waals surface area contributed by atoms with Crippen LogP contribution in [0.2, 0.25) is 5.02 Å². The largest absolute Gasteiger partial charge is 0.379 e. The highest BCUT2D eigenvalue weighted by Crippen LogP contribution is 2.23. The van der Waals surface area contributed by atoms with Crippen LogP contribution in [0, 0.1) is 0 Å². The Balaban J connectivity index is 2.18. The van der Waals surface area contributed by atoms with Gasteiger partial charge in [-0.2, -0.15) is 16.9 Å². The minimum absolute atomic E-state index is 0.204. The highest BCUT2D eigenvalue weighted by atomic mass is 35.5. The Kier molecular flexibility index (Phi) is 4.34. The number of thioether (sulfide) groups is 1. The maximum atomic E-state index is 11.9. The fourth-order valence-electron chi connectivity index (χ4n) is 1.81. The first-order valence-electron chi connectivity index (χ1n) is 5.82. The third-order valence-corrected chi connectivity index (χ3v) is 4.24. The standard InChI is InChI=1S/C11H16ClN3OS/c1-2-4-15-11(16)10(12)9(6-13-15)14-8-3-5-17-7-8/h6,8,14H,2-5,7H2,1H3. The van der Waals surface area contributed by atoms with E-state index in [1.165, 1.54) is 4.68 Å². The molecule has 4 nitrogen and oxygen atoms in total. The van der Waals surface area contributed by atoms with Crippen molar-refractivity contribution in [3.8, 4) is 0 Å². The molecular weight excluding hydrogens is 258 g/mol. The number of nitrogens with one attached hydrogen (secondary N) is 1. The smallest absolute Gasteiger partial charge is 0.287 e. The maximum Gasteiger partial charge on any atom is 0.287 e. The lowest BCUT2D eigenvalue weighted by Crippen LogP contribution is -2.26. The van der Waals surface area contributed by atoms with Gasteiger partial charge in [-0.05, 0) is 18.6 Å². The Morgan fingerprint density at radius 1 is 1.71 bits per heavy atom. The van der Waals surface area contributed by atoms with Gasteiger partial charge in [0.1, 0.15) is 5.02 Å². The van der Waals surface area contributed by atoms with Crippen molar-refractivity contribution in [2.24, 2.45) is 0 Å². The van der Waals surface area contributed by atoms with Crippen LogP contribution in [0.3, 0.4) is 0 Å². The number of rotatable bonds is 4. The molecule has 0 aliphatic carbocycles. The van der Waals surface area contributed by atoms with E-state index >= 15 is 0 Å². The van der Waals surface area contributed by atoms with E-state index in [9.17, 15) is 4.79 Å². The van der Waals surface area contributed by atoms with E-state index in [4.69, 9.17) is 11.6 Å². The van der Waals surface area contributed by atoms with Crippen molar-refractivity contribution in [3.05, 3.63) is 21.6 Å². The van der Waals surface area contributed by atoms with Crippen molar-refractivity contribution in [1.29, 1.82) is 0 Å². The van der Waals surface area contributed by atoms with Crippen LogP contribution in [-0.2, 0) is 6.54 Å². The number of nitrogens with zero attached hydrogens (tertiary/aromatic N) is 2. The molecule has 2 rings (SSSR count). The molecule has 1 atom stereocenters. The quantitative estimate of drug-likeness (QED) is 0.914. The summed E-state index contributed by atoms with van der Waals surface area (Å²) in [4.78, 5) is 11.9. The lowest BCUT2D eigenvalue weighted by Gasteiger charge is -2.14. The van der Waals surface area contributed by atoms with Crippen molar-refractivity contribution in [2.45, 2.75) is 32.4 Å². The van der Waals surface area contributed by atoms with E-state index in [0.29, 0.717) is 18.3 Å². The molecule has 1 N–H and O–H groups in total. The van der Waals surface area contributed by atoms with E-state index in [-0.39, 0.29) is 10.6 Å². The van der Waals surface area contributed by atoms with Crippen LogP contribution < -0.4 is 10.9 Å². The SMILES string of the molecule is CCCn1ncc(NC2CCSC2)c(Cl)c1=O. The molecule has 1 unspecified atom stereocenters. The van der Waals surface area contributed by atoms with Crippen molar-refractivity contribution in [1.82, 2.24) is 9.78 Å². The highest BCUT2D eigenvalue weighted by Gasteiger charge is 2.17. The average Bonchev–Trinajstić information content (AvgIpc) is 2.82. The summed E-state index contributed by atoms with van der Waals surface area (Å²) >= 11 is 7.98. The number of hydrogen-bond donors (Lipinski definition) is 1. The molecule has 1 aliphatic rings. The summed E-state index contributed by atoms with van der Waals surface area (Å²) in [6.45, 7) is 2.61. The summed E-state index contributed by atoms with van der Waals surface area (Å²) < 4.78 is 1.41. The van der Waals surface area contributed by atoms with Gasteiger partial charge in [0.15, 0.2) is 0 Å². The van der Waals surface area contributed by atoms with Crippen molar-refractivity contribution >= 4 is 29.1 Å². The maximum absolute atomic E-state index is 11.9. The van der Waals surface area contributed by atoms with Crippen molar-refractivity contribution in [3.63, 3.8) is 0 Å². The summed E-state index contributed by atoms with van der Waals surface area (Å²) in [7, 11) is 0. The Labute approximate surface area is 110 Å². The molecule has 94 valence electrons. The molecule has 0 radical (unpaired) electrons. The van der Waals surface area contributed by atoms with Crippen molar-refractivity contribution in [2.75, 3.05) is 16.8 Å². The number of halogens is 1. The minimum Gasteiger partial charge on any atom is -0.379 e. The zero-order chi connectivity index (χ0) is 12.3. The summed E-state index contributed by atoms with van der Waals surface area (Å²) in [5.74, 6) is 2.23. The monoisotopic (exact) mass is 273 g/mol. The van der Waals surface area contributed by atoms with Gasteiger partial charge in [0.05, 0.1) is 11.9 Å². The van der Waals surface area contributed by atoms with Gasteiger partial charge in [0.2, 0.25) is 0 Å². The number of aromatic nitrogens is 2. The van der Waals surface area contributed by atoms with Gasteiger partial charge in [0, 0.05) is 18.3 Å². The van der Waals surface area contributed by atoms with Crippen LogP contribution in [0.25, 0.3) is 0 Å². The second kappa shape index (κ2) is 5.78. The third-order valence-electron chi connectivity index (χ3n) is 2.71. The van der Waals surface area contributed by atoms with E-state index in [1.807, 2.05) is 18.7 Å².